The fourth-order valence-corrected chi connectivity index (χ4v) is 3.94. The lowest BCUT2D eigenvalue weighted by Crippen LogP contribution is -2.31. The Balaban J connectivity index is 1.72. The van der Waals surface area contributed by atoms with Crippen LogP contribution in [-0.4, -0.2) is 61.0 Å². The SMILES string of the molecule is CCC[C@H](C(=O)O)[C@H](Cc1ccc(C2CCN(C=N)CC2)nc1)c1nnn[nH]1. The number of piperidine rings is 1. The maximum absolute atomic E-state index is 11.8. The highest BCUT2D eigenvalue weighted by Crippen LogP contribution is 2.31. The van der Waals surface area contributed by atoms with Gasteiger partial charge in [-0.15, -0.1) is 5.10 Å². The Labute approximate surface area is 164 Å². The van der Waals surface area contributed by atoms with Crippen molar-refractivity contribution in [2.45, 2.75) is 50.9 Å². The molecular weight excluding hydrogens is 358 g/mol. The molecule has 1 fully saturated rings. The topological polar surface area (TPSA) is 132 Å². The van der Waals surface area contributed by atoms with E-state index in [4.69, 9.17) is 5.41 Å². The van der Waals surface area contributed by atoms with E-state index in [-0.39, 0.29) is 5.92 Å². The van der Waals surface area contributed by atoms with Crippen molar-refractivity contribution in [1.82, 2.24) is 30.5 Å². The van der Waals surface area contributed by atoms with Crippen molar-refractivity contribution in [3.8, 4) is 0 Å². The lowest BCUT2D eigenvalue weighted by Gasteiger charge is -2.29. The second-order valence-corrected chi connectivity index (χ2v) is 7.36. The van der Waals surface area contributed by atoms with Crippen molar-refractivity contribution in [1.29, 1.82) is 5.41 Å². The number of hydrogen-bond acceptors (Lipinski definition) is 6. The normalized spacial score (nSPS) is 17.2. The maximum Gasteiger partial charge on any atom is 0.307 e. The summed E-state index contributed by atoms with van der Waals surface area (Å²) in [6.07, 6.45) is 7.10. The quantitative estimate of drug-likeness (QED) is 0.445. The number of H-pyrrole nitrogens is 1. The first-order valence-electron chi connectivity index (χ1n) is 9.78. The van der Waals surface area contributed by atoms with Gasteiger partial charge in [0, 0.05) is 36.8 Å². The third-order valence-electron chi connectivity index (χ3n) is 5.55. The number of carboxylic acid groups (broad SMARTS) is 1. The molecule has 3 heterocycles. The number of nitrogens with zero attached hydrogens (tertiary/aromatic N) is 5. The van der Waals surface area contributed by atoms with Gasteiger partial charge >= 0.3 is 5.97 Å². The summed E-state index contributed by atoms with van der Waals surface area (Å²) in [5.74, 6) is -0.790. The first-order valence-corrected chi connectivity index (χ1v) is 9.78. The van der Waals surface area contributed by atoms with Gasteiger partial charge in [0.2, 0.25) is 0 Å². The van der Waals surface area contributed by atoms with E-state index in [1.165, 1.54) is 6.34 Å². The van der Waals surface area contributed by atoms with Crippen molar-refractivity contribution in [3.63, 3.8) is 0 Å². The van der Waals surface area contributed by atoms with Crippen molar-refractivity contribution >= 4 is 12.3 Å². The molecule has 0 saturated carbocycles. The van der Waals surface area contributed by atoms with Crippen LogP contribution in [0.3, 0.4) is 0 Å². The van der Waals surface area contributed by atoms with Crippen molar-refractivity contribution in [3.05, 3.63) is 35.4 Å². The van der Waals surface area contributed by atoms with E-state index >= 15 is 0 Å². The van der Waals surface area contributed by atoms with Gasteiger partial charge in [0.25, 0.3) is 0 Å². The van der Waals surface area contributed by atoms with Crippen LogP contribution in [0, 0.1) is 11.3 Å². The number of rotatable bonds is 9. The first-order chi connectivity index (χ1) is 13.6. The number of aromatic nitrogens is 5. The number of aromatic amines is 1. The number of tetrazole rings is 1. The Kier molecular flexibility index (Phi) is 6.67. The zero-order valence-corrected chi connectivity index (χ0v) is 16.1. The van der Waals surface area contributed by atoms with Gasteiger partial charge in [0.1, 0.15) is 0 Å². The number of carbonyl (C=O) groups is 1. The molecular formula is C19H27N7O2. The standard InChI is InChI=1S/C19H27N7O2/c1-2-3-15(19(27)28)16(18-22-24-25-23-18)10-13-4-5-17(21-11-13)14-6-8-26(12-20)9-7-14/h4-5,11-12,14-16,20H,2-3,6-10H2,1H3,(H,27,28)(H,22,23,24,25)/t15-,16-/m0/s1. The van der Waals surface area contributed by atoms with E-state index in [0.29, 0.717) is 24.6 Å². The zero-order valence-electron chi connectivity index (χ0n) is 16.1. The van der Waals surface area contributed by atoms with Crippen LogP contribution in [0.5, 0.6) is 0 Å². The minimum atomic E-state index is -0.828. The second kappa shape index (κ2) is 9.38. The van der Waals surface area contributed by atoms with Crippen molar-refractivity contribution < 1.29 is 9.90 Å². The van der Waals surface area contributed by atoms with Crippen LogP contribution in [0.2, 0.25) is 0 Å². The third kappa shape index (κ3) is 4.71. The summed E-state index contributed by atoms with van der Waals surface area (Å²) in [6, 6.07) is 4.08. The van der Waals surface area contributed by atoms with E-state index in [1.807, 2.05) is 30.2 Å². The highest BCUT2D eigenvalue weighted by molar-refractivity contribution is 5.71. The summed E-state index contributed by atoms with van der Waals surface area (Å²) >= 11 is 0. The highest BCUT2D eigenvalue weighted by Gasteiger charge is 2.31. The fraction of sp³-hybridized carbons (Fsp3) is 0.579. The lowest BCUT2D eigenvalue weighted by molar-refractivity contribution is -0.142. The molecule has 9 heteroatoms. The van der Waals surface area contributed by atoms with Crippen LogP contribution in [0.15, 0.2) is 18.3 Å². The van der Waals surface area contributed by atoms with E-state index < -0.39 is 11.9 Å². The number of nitrogens with one attached hydrogen (secondary N) is 2. The molecule has 2 aromatic heterocycles. The van der Waals surface area contributed by atoms with Crippen LogP contribution in [0.25, 0.3) is 0 Å². The Morgan fingerprint density at radius 3 is 2.75 bits per heavy atom. The van der Waals surface area contributed by atoms with E-state index in [2.05, 4.69) is 25.6 Å². The Bertz CT molecular complexity index is 755. The summed E-state index contributed by atoms with van der Waals surface area (Å²) < 4.78 is 0. The average molecular weight is 385 g/mol. The molecule has 1 saturated heterocycles. The lowest BCUT2D eigenvalue weighted by atomic mass is 9.83. The molecule has 3 rings (SSSR count). The van der Waals surface area contributed by atoms with E-state index in [9.17, 15) is 9.90 Å². The molecule has 0 bridgehead atoms. The molecule has 28 heavy (non-hydrogen) atoms. The predicted molar refractivity (Wildman–Crippen MR) is 103 cm³/mol. The summed E-state index contributed by atoms with van der Waals surface area (Å²) in [7, 11) is 0. The number of pyridine rings is 1. The molecule has 1 aliphatic heterocycles. The van der Waals surface area contributed by atoms with Gasteiger partial charge in [-0.1, -0.05) is 19.4 Å². The fourth-order valence-electron chi connectivity index (χ4n) is 3.94. The van der Waals surface area contributed by atoms with Crippen LogP contribution in [0.1, 0.15) is 61.5 Å². The highest BCUT2D eigenvalue weighted by atomic mass is 16.4. The Hall–Kier alpha value is -2.84. The van der Waals surface area contributed by atoms with Gasteiger partial charge in [-0.2, -0.15) is 0 Å². The second-order valence-electron chi connectivity index (χ2n) is 7.36. The van der Waals surface area contributed by atoms with Gasteiger partial charge in [-0.25, -0.2) is 5.10 Å². The molecule has 0 aliphatic carbocycles. The number of carboxylic acids is 1. The van der Waals surface area contributed by atoms with Crippen LogP contribution in [-0.2, 0) is 11.2 Å². The molecule has 150 valence electrons. The summed E-state index contributed by atoms with van der Waals surface area (Å²) in [5, 5.41) is 31.0. The van der Waals surface area contributed by atoms with Gasteiger partial charge in [0.05, 0.1) is 12.3 Å². The number of aliphatic carboxylic acids is 1. The van der Waals surface area contributed by atoms with E-state index in [0.717, 1.165) is 43.6 Å². The smallest absolute Gasteiger partial charge is 0.307 e. The van der Waals surface area contributed by atoms with Crippen LogP contribution >= 0.6 is 0 Å². The Morgan fingerprint density at radius 2 is 2.21 bits per heavy atom. The van der Waals surface area contributed by atoms with Crippen LogP contribution < -0.4 is 0 Å². The molecule has 0 aromatic carbocycles. The average Bonchev–Trinajstić information content (AvgIpc) is 3.25. The number of likely N-dealkylation sites (tertiary alicyclic amines) is 1. The summed E-state index contributed by atoms with van der Waals surface area (Å²) in [5.41, 5.74) is 2.04. The minimum absolute atomic E-state index is 0.323. The molecule has 0 amide bonds. The molecule has 0 unspecified atom stereocenters. The molecule has 3 N–H and O–H groups in total. The zero-order chi connectivity index (χ0) is 19.9. The predicted octanol–water partition coefficient (Wildman–Crippen LogP) is 2.21. The maximum atomic E-state index is 11.8. The summed E-state index contributed by atoms with van der Waals surface area (Å²) in [4.78, 5) is 18.5. The molecule has 1 aliphatic rings. The molecule has 0 radical (unpaired) electrons. The molecule has 2 aromatic rings. The third-order valence-corrected chi connectivity index (χ3v) is 5.55. The first kappa shape index (κ1) is 19.9. The van der Waals surface area contributed by atoms with Crippen molar-refractivity contribution in [2.24, 2.45) is 5.92 Å². The monoisotopic (exact) mass is 385 g/mol. The van der Waals surface area contributed by atoms with E-state index in [1.54, 1.807) is 0 Å². The number of hydrogen-bond donors (Lipinski definition) is 3. The molecule has 9 nitrogen and oxygen atoms in total. The van der Waals surface area contributed by atoms with Gasteiger partial charge in [-0.3, -0.25) is 15.2 Å². The van der Waals surface area contributed by atoms with Gasteiger partial charge in [0.15, 0.2) is 5.82 Å². The van der Waals surface area contributed by atoms with Gasteiger partial charge < -0.3 is 10.0 Å². The van der Waals surface area contributed by atoms with Crippen LogP contribution in [0.4, 0.5) is 0 Å². The largest absolute Gasteiger partial charge is 0.481 e. The van der Waals surface area contributed by atoms with Gasteiger partial charge in [-0.05, 0) is 47.7 Å². The minimum Gasteiger partial charge on any atom is -0.481 e. The molecule has 0 spiro atoms. The molecule has 2 atom stereocenters. The Morgan fingerprint density at radius 1 is 1.43 bits per heavy atom. The summed E-state index contributed by atoms with van der Waals surface area (Å²) in [6.45, 7) is 3.75. The van der Waals surface area contributed by atoms with Crippen molar-refractivity contribution in [2.75, 3.05) is 13.1 Å².